The normalized spacial score (nSPS) is 12.6. The molecule has 96 valence electrons. The minimum atomic E-state index is 0.0123. The van der Waals surface area contributed by atoms with E-state index in [4.69, 9.17) is 11.6 Å². The van der Waals surface area contributed by atoms with Crippen LogP contribution in [0.2, 0.25) is 0 Å². The van der Waals surface area contributed by atoms with Gasteiger partial charge in [0.05, 0.1) is 4.88 Å². The number of carbonyl (C=O) groups is 1. The molecule has 0 spiro atoms. The van der Waals surface area contributed by atoms with E-state index < -0.39 is 0 Å². The number of halogens is 1. The Labute approximate surface area is 116 Å². The van der Waals surface area contributed by atoms with Crippen molar-refractivity contribution in [2.24, 2.45) is 0 Å². The molecule has 1 aromatic carbocycles. The molecule has 2 rings (SSSR count). The van der Waals surface area contributed by atoms with Gasteiger partial charge >= 0.3 is 0 Å². The Morgan fingerprint density at radius 3 is 2.94 bits per heavy atom. The molecule has 1 aromatic heterocycles. The highest BCUT2D eigenvalue weighted by Gasteiger charge is 2.12. The molecule has 0 saturated carbocycles. The van der Waals surface area contributed by atoms with E-state index in [0.29, 0.717) is 5.88 Å². The van der Waals surface area contributed by atoms with Gasteiger partial charge in [-0.3, -0.25) is 4.79 Å². The van der Waals surface area contributed by atoms with Crippen LogP contribution >= 0.6 is 22.9 Å². The second-order valence-corrected chi connectivity index (χ2v) is 5.82. The summed E-state index contributed by atoms with van der Waals surface area (Å²) in [5.41, 5.74) is 0. The predicted molar refractivity (Wildman–Crippen MR) is 78.7 cm³/mol. The molecule has 0 aliphatic rings. The maximum absolute atomic E-state index is 12.1. The van der Waals surface area contributed by atoms with Crippen LogP contribution in [0.3, 0.4) is 0 Å². The lowest BCUT2D eigenvalue weighted by Crippen LogP contribution is -2.31. The summed E-state index contributed by atoms with van der Waals surface area (Å²) in [6.07, 6.45) is 1.84. The van der Waals surface area contributed by atoms with Crippen LogP contribution in [0, 0.1) is 0 Å². The van der Waals surface area contributed by atoms with Crippen molar-refractivity contribution in [3.63, 3.8) is 0 Å². The van der Waals surface area contributed by atoms with Crippen LogP contribution in [0.25, 0.3) is 10.1 Å². The molecule has 0 aliphatic heterocycles. The first-order valence-corrected chi connectivity index (χ1v) is 7.41. The molecule has 4 heteroatoms. The lowest BCUT2D eigenvalue weighted by atomic mass is 10.2. The summed E-state index contributed by atoms with van der Waals surface area (Å²) in [6, 6.07) is 10.2. The number of hydrogen-bond donors (Lipinski definition) is 1. The fourth-order valence-corrected chi connectivity index (χ4v) is 2.96. The number of rotatable bonds is 5. The van der Waals surface area contributed by atoms with Crippen LogP contribution in [0.4, 0.5) is 0 Å². The van der Waals surface area contributed by atoms with Gasteiger partial charge in [-0.15, -0.1) is 22.9 Å². The number of alkyl halides is 1. The van der Waals surface area contributed by atoms with Gasteiger partial charge in [-0.25, -0.2) is 0 Å². The summed E-state index contributed by atoms with van der Waals surface area (Å²) in [4.78, 5) is 12.8. The summed E-state index contributed by atoms with van der Waals surface area (Å²) in [5, 5.41) is 4.13. The Kier molecular flexibility index (Phi) is 4.61. The highest BCUT2D eigenvalue weighted by Crippen LogP contribution is 2.25. The van der Waals surface area contributed by atoms with E-state index >= 15 is 0 Å². The molecule has 1 heterocycles. The van der Waals surface area contributed by atoms with E-state index in [2.05, 4.69) is 5.32 Å². The Hall–Kier alpha value is -1.06. The van der Waals surface area contributed by atoms with Crippen molar-refractivity contribution in [1.29, 1.82) is 0 Å². The van der Waals surface area contributed by atoms with Gasteiger partial charge in [-0.1, -0.05) is 18.2 Å². The maximum atomic E-state index is 12.1. The van der Waals surface area contributed by atoms with E-state index in [1.165, 1.54) is 11.3 Å². The molecule has 2 aromatic rings. The number of hydrogen-bond acceptors (Lipinski definition) is 2. The van der Waals surface area contributed by atoms with Crippen molar-refractivity contribution in [1.82, 2.24) is 5.32 Å². The van der Waals surface area contributed by atoms with Crippen molar-refractivity contribution in [3.8, 4) is 0 Å². The van der Waals surface area contributed by atoms with E-state index in [1.807, 2.05) is 37.3 Å². The lowest BCUT2D eigenvalue weighted by Gasteiger charge is -2.11. The second kappa shape index (κ2) is 6.21. The molecular formula is C14H16ClNOS. The molecule has 0 bridgehead atoms. The number of nitrogens with one attached hydrogen (secondary N) is 1. The second-order valence-electron chi connectivity index (χ2n) is 4.35. The van der Waals surface area contributed by atoms with Crippen LogP contribution in [-0.2, 0) is 0 Å². The highest BCUT2D eigenvalue weighted by atomic mass is 35.5. The number of thiophene rings is 1. The predicted octanol–water partition coefficient (Wildman–Crippen LogP) is 4.04. The molecule has 0 aliphatic carbocycles. The van der Waals surface area contributed by atoms with Gasteiger partial charge in [-0.2, -0.15) is 0 Å². The van der Waals surface area contributed by atoms with Crippen LogP contribution in [-0.4, -0.2) is 17.8 Å². The van der Waals surface area contributed by atoms with E-state index in [0.717, 1.165) is 27.8 Å². The molecule has 1 unspecified atom stereocenters. The first kappa shape index (κ1) is 13.4. The quantitative estimate of drug-likeness (QED) is 0.824. The minimum absolute atomic E-state index is 0.0123. The monoisotopic (exact) mass is 281 g/mol. The number of fused-ring (bicyclic) bond motifs is 1. The fourth-order valence-electron chi connectivity index (χ4n) is 1.84. The van der Waals surface area contributed by atoms with Crippen LogP contribution in [0.1, 0.15) is 29.4 Å². The zero-order chi connectivity index (χ0) is 13.0. The Morgan fingerprint density at radius 2 is 2.22 bits per heavy atom. The van der Waals surface area contributed by atoms with Gasteiger partial charge in [0.2, 0.25) is 0 Å². The number of benzene rings is 1. The fraction of sp³-hybridized carbons (Fsp3) is 0.357. The molecular weight excluding hydrogens is 266 g/mol. The lowest BCUT2D eigenvalue weighted by molar-refractivity contribution is 0.0942. The molecule has 2 nitrogen and oxygen atoms in total. The van der Waals surface area contributed by atoms with Gasteiger partial charge in [0.15, 0.2) is 0 Å². The molecule has 1 N–H and O–H groups in total. The van der Waals surface area contributed by atoms with Crippen molar-refractivity contribution in [3.05, 3.63) is 35.2 Å². The number of amides is 1. The summed E-state index contributed by atoms with van der Waals surface area (Å²) in [7, 11) is 0. The summed E-state index contributed by atoms with van der Waals surface area (Å²) in [6.45, 7) is 2.01. The molecule has 0 fully saturated rings. The Morgan fingerprint density at radius 1 is 1.44 bits per heavy atom. The van der Waals surface area contributed by atoms with Crippen LogP contribution in [0.5, 0.6) is 0 Å². The third kappa shape index (κ3) is 3.24. The Bertz CT molecular complexity index is 504. The zero-order valence-electron chi connectivity index (χ0n) is 10.3. The van der Waals surface area contributed by atoms with E-state index in [9.17, 15) is 4.79 Å². The first-order chi connectivity index (χ1) is 8.70. The summed E-state index contributed by atoms with van der Waals surface area (Å²) >= 11 is 7.18. The van der Waals surface area contributed by atoms with Crippen LogP contribution < -0.4 is 5.32 Å². The van der Waals surface area contributed by atoms with Crippen LogP contribution in [0.15, 0.2) is 30.3 Å². The van der Waals surface area contributed by atoms with Crippen molar-refractivity contribution >= 4 is 38.9 Å². The average molecular weight is 282 g/mol. The van der Waals surface area contributed by atoms with Gasteiger partial charge in [-0.05, 0) is 37.3 Å². The third-order valence-corrected chi connectivity index (χ3v) is 4.18. The topological polar surface area (TPSA) is 29.1 Å². The van der Waals surface area contributed by atoms with Gasteiger partial charge in [0.25, 0.3) is 5.91 Å². The van der Waals surface area contributed by atoms with Crippen molar-refractivity contribution in [2.75, 3.05) is 5.88 Å². The Balaban J connectivity index is 2.04. The standard InChI is InChI=1S/C14H16ClNOS/c1-10(5-4-8-15)16-14(17)13-9-11-6-2-3-7-12(11)18-13/h2-3,6-7,9-10H,4-5,8H2,1H3,(H,16,17). The van der Waals surface area contributed by atoms with E-state index in [1.54, 1.807) is 0 Å². The molecule has 0 saturated heterocycles. The molecule has 1 amide bonds. The third-order valence-electron chi connectivity index (χ3n) is 2.80. The zero-order valence-corrected chi connectivity index (χ0v) is 11.9. The van der Waals surface area contributed by atoms with Crippen molar-refractivity contribution in [2.45, 2.75) is 25.8 Å². The largest absolute Gasteiger partial charge is 0.349 e. The minimum Gasteiger partial charge on any atom is -0.349 e. The first-order valence-electron chi connectivity index (χ1n) is 6.06. The number of carbonyl (C=O) groups excluding carboxylic acids is 1. The van der Waals surface area contributed by atoms with Gasteiger partial charge < -0.3 is 5.32 Å². The molecule has 0 radical (unpaired) electrons. The molecule has 18 heavy (non-hydrogen) atoms. The van der Waals surface area contributed by atoms with Crippen molar-refractivity contribution < 1.29 is 4.79 Å². The van der Waals surface area contributed by atoms with Gasteiger partial charge in [0.1, 0.15) is 0 Å². The SMILES string of the molecule is CC(CCCCl)NC(=O)c1cc2ccccc2s1. The maximum Gasteiger partial charge on any atom is 0.261 e. The summed E-state index contributed by atoms with van der Waals surface area (Å²) in [5.74, 6) is 0.654. The van der Waals surface area contributed by atoms with Gasteiger partial charge in [0, 0.05) is 16.6 Å². The average Bonchev–Trinajstić information content (AvgIpc) is 2.80. The van der Waals surface area contributed by atoms with E-state index in [-0.39, 0.29) is 11.9 Å². The smallest absolute Gasteiger partial charge is 0.261 e. The molecule has 1 atom stereocenters. The highest BCUT2D eigenvalue weighted by molar-refractivity contribution is 7.20. The summed E-state index contributed by atoms with van der Waals surface area (Å²) < 4.78 is 1.15.